The summed E-state index contributed by atoms with van der Waals surface area (Å²) in [6.45, 7) is 2.27. The zero-order valence-electron chi connectivity index (χ0n) is 20.2. The van der Waals surface area contributed by atoms with Gasteiger partial charge >= 0.3 is 5.97 Å². The summed E-state index contributed by atoms with van der Waals surface area (Å²) in [4.78, 5) is 18.5. The number of anilines is 1. The van der Waals surface area contributed by atoms with Crippen LogP contribution in [0.1, 0.15) is 27.0 Å². The van der Waals surface area contributed by atoms with Gasteiger partial charge in [-0.25, -0.2) is 4.79 Å². The predicted octanol–water partition coefficient (Wildman–Crippen LogP) is 4.77. The third-order valence-electron chi connectivity index (χ3n) is 5.88. The van der Waals surface area contributed by atoms with Crippen molar-refractivity contribution >= 4 is 27.5 Å². The number of benzene rings is 3. The third-order valence-corrected chi connectivity index (χ3v) is 7.21. The summed E-state index contributed by atoms with van der Waals surface area (Å²) >= 11 is 0. The Morgan fingerprint density at radius 1 is 0.946 bits per heavy atom. The second-order valence-corrected chi connectivity index (χ2v) is 10.00. The molecule has 0 fully saturated rings. The molecule has 4 aromatic rings. The molecular formula is C28H23N3O5S. The maximum atomic E-state index is 12.8. The van der Waals surface area contributed by atoms with Crippen molar-refractivity contribution in [2.24, 2.45) is 4.40 Å². The van der Waals surface area contributed by atoms with E-state index in [1.807, 2.05) is 36.1 Å². The molecule has 0 N–H and O–H groups in total. The molecule has 5 rings (SSSR count). The highest BCUT2D eigenvalue weighted by molar-refractivity contribution is 7.90. The SMILES string of the molecule is COc1cc(CN(C2=NS(=O)(=O)c3ccccc32)c2ccc(C)cc2)ccc1OC(=O)c1cccnc1. The molecule has 0 radical (unpaired) electrons. The fourth-order valence-corrected chi connectivity index (χ4v) is 5.23. The quantitative estimate of drug-likeness (QED) is 0.270. The maximum Gasteiger partial charge on any atom is 0.345 e. The van der Waals surface area contributed by atoms with Crippen LogP contribution < -0.4 is 14.4 Å². The van der Waals surface area contributed by atoms with Crippen molar-refractivity contribution in [2.75, 3.05) is 12.0 Å². The van der Waals surface area contributed by atoms with Gasteiger partial charge in [0.1, 0.15) is 4.90 Å². The molecular weight excluding hydrogens is 490 g/mol. The van der Waals surface area contributed by atoms with E-state index in [-0.39, 0.29) is 10.6 Å². The van der Waals surface area contributed by atoms with E-state index in [9.17, 15) is 13.2 Å². The summed E-state index contributed by atoms with van der Waals surface area (Å²) in [7, 11) is -2.32. The van der Waals surface area contributed by atoms with Crippen molar-refractivity contribution < 1.29 is 22.7 Å². The van der Waals surface area contributed by atoms with Crippen LogP contribution in [-0.4, -0.2) is 32.3 Å². The summed E-state index contributed by atoms with van der Waals surface area (Å²) in [5, 5.41) is 0. The second-order valence-electron chi connectivity index (χ2n) is 8.42. The van der Waals surface area contributed by atoms with E-state index in [0.29, 0.717) is 29.3 Å². The third kappa shape index (κ3) is 4.94. The molecule has 0 bridgehead atoms. The zero-order chi connectivity index (χ0) is 26.0. The number of ether oxygens (including phenoxy) is 2. The first-order chi connectivity index (χ1) is 17.9. The predicted molar refractivity (Wildman–Crippen MR) is 140 cm³/mol. The molecule has 1 aliphatic heterocycles. The fraction of sp³-hybridized carbons (Fsp3) is 0.107. The van der Waals surface area contributed by atoms with Gasteiger partial charge in [-0.3, -0.25) is 4.98 Å². The molecule has 0 saturated carbocycles. The molecule has 9 heteroatoms. The van der Waals surface area contributed by atoms with Crippen LogP contribution in [0, 0.1) is 6.92 Å². The van der Waals surface area contributed by atoms with Crippen molar-refractivity contribution in [1.29, 1.82) is 0 Å². The molecule has 3 aromatic carbocycles. The molecule has 2 heterocycles. The molecule has 0 spiro atoms. The first-order valence-electron chi connectivity index (χ1n) is 11.4. The lowest BCUT2D eigenvalue weighted by Gasteiger charge is -2.25. The van der Waals surface area contributed by atoms with Gasteiger partial charge in [0.15, 0.2) is 17.3 Å². The smallest absolute Gasteiger partial charge is 0.345 e. The molecule has 0 amide bonds. The Morgan fingerprint density at radius 3 is 2.46 bits per heavy atom. The van der Waals surface area contributed by atoms with E-state index < -0.39 is 16.0 Å². The molecule has 1 aliphatic rings. The number of aryl methyl sites for hydroxylation is 1. The topological polar surface area (TPSA) is 98.2 Å². The van der Waals surface area contributed by atoms with Crippen LogP contribution in [0.4, 0.5) is 5.69 Å². The van der Waals surface area contributed by atoms with Crippen LogP contribution in [-0.2, 0) is 16.6 Å². The van der Waals surface area contributed by atoms with Crippen LogP contribution in [0.5, 0.6) is 11.5 Å². The van der Waals surface area contributed by atoms with Gasteiger partial charge in [0, 0.05) is 30.2 Å². The number of hydrogen-bond donors (Lipinski definition) is 0. The number of fused-ring (bicyclic) bond motifs is 1. The Labute approximate surface area is 214 Å². The Bertz CT molecular complexity index is 1600. The van der Waals surface area contributed by atoms with Crippen LogP contribution in [0.25, 0.3) is 0 Å². The van der Waals surface area contributed by atoms with Gasteiger partial charge in [0.2, 0.25) is 0 Å². The number of hydrogen-bond acceptors (Lipinski definition) is 7. The average molecular weight is 514 g/mol. The van der Waals surface area contributed by atoms with Gasteiger partial charge in [-0.15, -0.1) is 4.40 Å². The number of carbonyl (C=O) groups excluding carboxylic acids is 1. The highest BCUT2D eigenvalue weighted by Gasteiger charge is 2.32. The summed E-state index contributed by atoms with van der Waals surface area (Å²) in [6, 6.07) is 23.0. The number of amidine groups is 1. The normalized spacial score (nSPS) is 13.4. The molecule has 0 unspecified atom stereocenters. The lowest BCUT2D eigenvalue weighted by Crippen LogP contribution is -2.30. The van der Waals surface area contributed by atoms with Crippen molar-refractivity contribution in [3.63, 3.8) is 0 Å². The molecule has 0 atom stereocenters. The lowest BCUT2D eigenvalue weighted by atomic mass is 10.1. The lowest BCUT2D eigenvalue weighted by molar-refractivity contribution is 0.0729. The van der Waals surface area contributed by atoms with E-state index in [0.717, 1.165) is 16.8 Å². The fourth-order valence-electron chi connectivity index (χ4n) is 4.02. The van der Waals surface area contributed by atoms with Crippen LogP contribution >= 0.6 is 0 Å². The minimum atomic E-state index is -3.81. The number of pyridine rings is 1. The Hall–Kier alpha value is -4.50. The van der Waals surface area contributed by atoms with Gasteiger partial charge in [-0.1, -0.05) is 35.9 Å². The first-order valence-corrected chi connectivity index (χ1v) is 12.9. The van der Waals surface area contributed by atoms with Crippen molar-refractivity contribution in [3.8, 4) is 11.5 Å². The van der Waals surface area contributed by atoms with Gasteiger partial charge in [-0.2, -0.15) is 8.42 Å². The molecule has 0 aliphatic carbocycles. The molecule has 1 aromatic heterocycles. The number of sulfonamides is 1. The minimum absolute atomic E-state index is 0.178. The molecule has 37 heavy (non-hydrogen) atoms. The molecule has 8 nitrogen and oxygen atoms in total. The zero-order valence-corrected chi connectivity index (χ0v) is 21.0. The average Bonchev–Trinajstić information content (AvgIpc) is 3.19. The van der Waals surface area contributed by atoms with Gasteiger partial charge in [-0.05, 0) is 61.0 Å². The van der Waals surface area contributed by atoms with Crippen LogP contribution in [0.2, 0.25) is 0 Å². The number of nitrogens with zero attached hydrogens (tertiary/aromatic N) is 3. The summed E-state index contributed by atoms with van der Waals surface area (Å²) in [5.74, 6) is 0.404. The van der Waals surface area contributed by atoms with Crippen LogP contribution in [0.3, 0.4) is 0 Å². The Kier molecular flexibility index (Phi) is 6.45. The highest BCUT2D eigenvalue weighted by Crippen LogP contribution is 2.33. The monoisotopic (exact) mass is 513 g/mol. The standard InChI is InChI=1S/C28H23N3O5S/c1-19-9-12-22(13-10-19)31(27-23-7-3-4-8-26(23)37(33,34)30-27)18-20-11-14-24(25(16-20)35-2)36-28(32)21-6-5-15-29-17-21/h3-17H,18H2,1-2H3. The molecule has 0 saturated heterocycles. The summed E-state index contributed by atoms with van der Waals surface area (Å²) in [6.07, 6.45) is 3.00. The largest absolute Gasteiger partial charge is 0.493 e. The van der Waals surface area contributed by atoms with Gasteiger partial charge < -0.3 is 14.4 Å². The minimum Gasteiger partial charge on any atom is -0.493 e. The van der Waals surface area contributed by atoms with Gasteiger partial charge in [0.05, 0.1) is 12.7 Å². The Morgan fingerprint density at radius 2 is 1.73 bits per heavy atom. The number of esters is 1. The summed E-state index contributed by atoms with van der Waals surface area (Å²) in [5.41, 5.74) is 3.51. The Balaban J connectivity index is 1.50. The highest BCUT2D eigenvalue weighted by atomic mass is 32.2. The summed E-state index contributed by atoms with van der Waals surface area (Å²) < 4.78 is 40.7. The van der Waals surface area contributed by atoms with E-state index >= 15 is 0 Å². The number of aromatic nitrogens is 1. The van der Waals surface area contributed by atoms with Crippen LogP contribution in [0.15, 0.2) is 101 Å². The van der Waals surface area contributed by atoms with Gasteiger partial charge in [0.25, 0.3) is 10.0 Å². The number of rotatable bonds is 6. The van der Waals surface area contributed by atoms with Crippen molar-refractivity contribution in [2.45, 2.75) is 18.4 Å². The molecule has 186 valence electrons. The van der Waals surface area contributed by atoms with E-state index in [4.69, 9.17) is 9.47 Å². The number of carbonyl (C=O) groups is 1. The first kappa shape index (κ1) is 24.2. The van der Waals surface area contributed by atoms with Crippen molar-refractivity contribution in [3.05, 3.63) is 114 Å². The van der Waals surface area contributed by atoms with E-state index in [1.165, 1.54) is 13.3 Å². The second kappa shape index (κ2) is 9.87. The van der Waals surface area contributed by atoms with E-state index in [2.05, 4.69) is 9.38 Å². The maximum absolute atomic E-state index is 12.8. The van der Waals surface area contributed by atoms with E-state index in [1.54, 1.807) is 60.8 Å². The number of methoxy groups -OCH3 is 1. The van der Waals surface area contributed by atoms with Crippen molar-refractivity contribution in [1.82, 2.24) is 4.98 Å².